The lowest BCUT2D eigenvalue weighted by molar-refractivity contribution is 0.299. The number of aliphatic hydroxyl groups is 1. The fourth-order valence-corrected chi connectivity index (χ4v) is 2.26. The van der Waals surface area contributed by atoms with E-state index in [1.54, 1.807) is 0 Å². The SMILES string of the molecule is Cc1nc(N2CCCCC2)ccc1CCO. The van der Waals surface area contributed by atoms with Gasteiger partial charge >= 0.3 is 0 Å². The maximum absolute atomic E-state index is 8.92. The molecule has 0 saturated carbocycles. The van der Waals surface area contributed by atoms with E-state index in [9.17, 15) is 0 Å². The van der Waals surface area contributed by atoms with E-state index in [4.69, 9.17) is 5.11 Å². The van der Waals surface area contributed by atoms with Crippen LogP contribution in [0.2, 0.25) is 0 Å². The second-order valence-corrected chi connectivity index (χ2v) is 4.44. The zero-order chi connectivity index (χ0) is 11.4. The first-order chi connectivity index (χ1) is 7.81. The monoisotopic (exact) mass is 220 g/mol. The number of hydrogen-bond donors (Lipinski definition) is 1. The molecule has 1 fully saturated rings. The van der Waals surface area contributed by atoms with Crippen LogP contribution in [0.1, 0.15) is 30.5 Å². The largest absolute Gasteiger partial charge is 0.396 e. The number of rotatable bonds is 3. The molecule has 0 aliphatic carbocycles. The van der Waals surface area contributed by atoms with Crippen LogP contribution in [0.15, 0.2) is 12.1 Å². The fourth-order valence-electron chi connectivity index (χ4n) is 2.26. The van der Waals surface area contributed by atoms with Crippen LogP contribution in [0.4, 0.5) is 5.82 Å². The third kappa shape index (κ3) is 2.53. The Hall–Kier alpha value is -1.09. The van der Waals surface area contributed by atoms with E-state index in [1.165, 1.54) is 19.3 Å². The molecule has 0 atom stereocenters. The minimum atomic E-state index is 0.200. The standard InChI is InChI=1S/C13H20N2O/c1-11-12(7-10-16)5-6-13(14-11)15-8-3-2-4-9-15/h5-6,16H,2-4,7-10H2,1H3. The van der Waals surface area contributed by atoms with Gasteiger partial charge in [0.2, 0.25) is 0 Å². The highest BCUT2D eigenvalue weighted by atomic mass is 16.2. The van der Waals surface area contributed by atoms with Crippen molar-refractivity contribution < 1.29 is 5.11 Å². The molecule has 88 valence electrons. The van der Waals surface area contributed by atoms with Crippen molar-refractivity contribution in [3.05, 3.63) is 23.4 Å². The lowest BCUT2D eigenvalue weighted by atomic mass is 10.1. The van der Waals surface area contributed by atoms with E-state index in [0.29, 0.717) is 6.42 Å². The van der Waals surface area contributed by atoms with E-state index in [2.05, 4.69) is 22.0 Å². The van der Waals surface area contributed by atoms with Crippen molar-refractivity contribution in [1.29, 1.82) is 0 Å². The second kappa shape index (κ2) is 5.30. The van der Waals surface area contributed by atoms with Crippen molar-refractivity contribution in [2.24, 2.45) is 0 Å². The molecule has 1 aliphatic rings. The Labute approximate surface area is 97.1 Å². The molecule has 1 saturated heterocycles. The number of hydrogen-bond acceptors (Lipinski definition) is 3. The van der Waals surface area contributed by atoms with Gasteiger partial charge in [-0.25, -0.2) is 4.98 Å². The number of nitrogens with zero attached hydrogens (tertiary/aromatic N) is 2. The van der Waals surface area contributed by atoms with Gasteiger partial charge in [-0.3, -0.25) is 0 Å². The summed E-state index contributed by atoms with van der Waals surface area (Å²) in [5, 5.41) is 8.92. The van der Waals surface area contributed by atoms with Crippen LogP contribution in [-0.4, -0.2) is 29.8 Å². The number of pyridine rings is 1. The lowest BCUT2D eigenvalue weighted by Gasteiger charge is -2.28. The van der Waals surface area contributed by atoms with Crippen LogP contribution in [0.3, 0.4) is 0 Å². The summed E-state index contributed by atoms with van der Waals surface area (Å²) in [4.78, 5) is 6.99. The Kier molecular flexibility index (Phi) is 3.78. The maximum atomic E-state index is 8.92. The molecule has 0 spiro atoms. The van der Waals surface area contributed by atoms with Crippen molar-refractivity contribution in [1.82, 2.24) is 4.98 Å². The quantitative estimate of drug-likeness (QED) is 0.845. The average molecular weight is 220 g/mol. The fraction of sp³-hybridized carbons (Fsp3) is 0.615. The van der Waals surface area contributed by atoms with Crippen LogP contribution in [0, 0.1) is 6.92 Å². The molecule has 1 aromatic heterocycles. The molecule has 16 heavy (non-hydrogen) atoms. The Balaban J connectivity index is 2.13. The van der Waals surface area contributed by atoms with Crippen molar-refractivity contribution in [2.75, 3.05) is 24.6 Å². The Morgan fingerprint density at radius 3 is 2.62 bits per heavy atom. The third-order valence-corrected chi connectivity index (χ3v) is 3.24. The Bertz CT molecular complexity index is 346. The summed E-state index contributed by atoms with van der Waals surface area (Å²) < 4.78 is 0. The van der Waals surface area contributed by atoms with Gasteiger partial charge in [0, 0.05) is 25.4 Å². The first-order valence-electron chi connectivity index (χ1n) is 6.13. The van der Waals surface area contributed by atoms with Crippen LogP contribution in [-0.2, 0) is 6.42 Å². The van der Waals surface area contributed by atoms with Gasteiger partial charge < -0.3 is 10.0 Å². The van der Waals surface area contributed by atoms with Crippen LogP contribution >= 0.6 is 0 Å². The molecule has 3 nitrogen and oxygen atoms in total. The molecule has 2 heterocycles. The predicted octanol–water partition coefficient (Wildman–Crippen LogP) is 1.92. The van der Waals surface area contributed by atoms with Crippen molar-refractivity contribution >= 4 is 5.82 Å². The van der Waals surface area contributed by atoms with E-state index >= 15 is 0 Å². The highest BCUT2D eigenvalue weighted by Crippen LogP contribution is 2.19. The highest BCUT2D eigenvalue weighted by molar-refractivity contribution is 5.42. The number of aryl methyl sites for hydroxylation is 1. The van der Waals surface area contributed by atoms with E-state index < -0.39 is 0 Å². The molecule has 1 aromatic rings. The summed E-state index contributed by atoms with van der Waals surface area (Å²) in [5.74, 6) is 1.10. The molecule has 2 rings (SSSR count). The first kappa shape index (κ1) is 11.4. The van der Waals surface area contributed by atoms with Crippen molar-refractivity contribution in [3.8, 4) is 0 Å². The summed E-state index contributed by atoms with van der Waals surface area (Å²) in [6.45, 7) is 4.49. The molecule has 0 unspecified atom stereocenters. The molecule has 0 radical (unpaired) electrons. The minimum Gasteiger partial charge on any atom is -0.396 e. The van der Waals surface area contributed by atoms with Crippen molar-refractivity contribution in [2.45, 2.75) is 32.6 Å². The molecule has 0 amide bonds. The van der Waals surface area contributed by atoms with Gasteiger partial charge in [0.1, 0.15) is 5.82 Å². The first-order valence-corrected chi connectivity index (χ1v) is 6.13. The smallest absolute Gasteiger partial charge is 0.128 e. The zero-order valence-corrected chi connectivity index (χ0v) is 9.95. The van der Waals surface area contributed by atoms with E-state index in [1.807, 2.05) is 6.92 Å². The predicted molar refractivity (Wildman–Crippen MR) is 65.8 cm³/mol. The summed E-state index contributed by atoms with van der Waals surface area (Å²) >= 11 is 0. The average Bonchev–Trinajstić information content (AvgIpc) is 2.33. The number of aliphatic hydroxyl groups excluding tert-OH is 1. The Morgan fingerprint density at radius 2 is 2.00 bits per heavy atom. The summed E-state index contributed by atoms with van der Waals surface area (Å²) in [6, 6.07) is 4.19. The van der Waals surface area contributed by atoms with Gasteiger partial charge in [-0.05, 0) is 44.2 Å². The molecule has 0 bridgehead atoms. The van der Waals surface area contributed by atoms with Gasteiger partial charge in [-0.2, -0.15) is 0 Å². The normalized spacial score (nSPS) is 16.5. The molecule has 1 aliphatic heterocycles. The summed E-state index contributed by atoms with van der Waals surface area (Å²) in [7, 11) is 0. The third-order valence-electron chi connectivity index (χ3n) is 3.24. The van der Waals surface area contributed by atoms with Gasteiger partial charge in [0.25, 0.3) is 0 Å². The number of piperidine rings is 1. The molecule has 1 N–H and O–H groups in total. The molecule has 0 aromatic carbocycles. The van der Waals surface area contributed by atoms with Crippen LogP contribution in [0.5, 0.6) is 0 Å². The molecule has 3 heteroatoms. The number of aromatic nitrogens is 1. The van der Waals surface area contributed by atoms with Crippen LogP contribution < -0.4 is 4.90 Å². The van der Waals surface area contributed by atoms with Gasteiger partial charge in [-0.1, -0.05) is 6.07 Å². The van der Waals surface area contributed by atoms with Gasteiger partial charge in [-0.15, -0.1) is 0 Å². The van der Waals surface area contributed by atoms with Gasteiger partial charge in [0.05, 0.1) is 0 Å². The van der Waals surface area contributed by atoms with Gasteiger partial charge in [0.15, 0.2) is 0 Å². The zero-order valence-electron chi connectivity index (χ0n) is 9.95. The lowest BCUT2D eigenvalue weighted by Crippen LogP contribution is -2.30. The second-order valence-electron chi connectivity index (χ2n) is 4.44. The highest BCUT2D eigenvalue weighted by Gasteiger charge is 2.12. The van der Waals surface area contributed by atoms with E-state index in [0.717, 1.165) is 30.2 Å². The Morgan fingerprint density at radius 1 is 1.25 bits per heavy atom. The molecular weight excluding hydrogens is 200 g/mol. The topological polar surface area (TPSA) is 36.4 Å². The molecular formula is C13H20N2O. The maximum Gasteiger partial charge on any atom is 0.128 e. The summed E-state index contributed by atoms with van der Waals surface area (Å²) in [5.41, 5.74) is 2.21. The number of anilines is 1. The summed E-state index contributed by atoms with van der Waals surface area (Å²) in [6.07, 6.45) is 4.61. The van der Waals surface area contributed by atoms with E-state index in [-0.39, 0.29) is 6.61 Å². The van der Waals surface area contributed by atoms with Crippen LogP contribution in [0.25, 0.3) is 0 Å². The minimum absolute atomic E-state index is 0.200. The van der Waals surface area contributed by atoms with Crippen molar-refractivity contribution in [3.63, 3.8) is 0 Å².